The molecule has 0 saturated carbocycles. The van der Waals surface area contributed by atoms with E-state index in [1.54, 1.807) is 38.2 Å². The van der Waals surface area contributed by atoms with Gasteiger partial charge in [-0.2, -0.15) is 0 Å². The third-order valence-electron chi connectivity index (χ3n) is 4.62. The summed E-state index contributed by atoms with van der Waals surface area (Å²) in [5.41, 5.74) is 1.84. The van der Waals surface area contributed by atoms with Gasteiger partial charge in [0, 0.05) is 19.4 Å². The molecule has 3 N–H and O–H groups in total. The molecule has 0 aliphatic heterocycles. The number of aliphatic carboxylic acids is 1. The fourth-order valence-corrected chi connectivity index (χ4v) is 3.80. The van der Waals surface area contributed by atoms with Crippen LogP contribution < -0.4 is 15.5 Å². The van der Waals surface area contributed by atoms with E-state index < -0.39 is 12.0 Å². The average Bonchev–Trinajstić information content (AvgIpc) is 3.22. The second kappa shape index (κ2) is 10.2. The first-order chi connectivity index (χ1) is 15.2. The van der Waals surface area contributed by atoms with Crippen LogP contribution in [0.1, 0.15) is 19.4 Å². The molecule has 3 rings (SSSR count). The Bertz CT molecular complexity index is 1100. The molecular formula is C22H26N6O3S. The predicted octanol–water partition coefficient (Wildman–Crippen LogP) is 3.31. The summed E-state index contributed by atoms with van der Waals surface area (Å²) in [5.74, 6) is -0.258. The number of carboxylic acid groups (broad SMARTS) is 1. The van der Waals surface area contributed by atoms with Crippen LogP contribution in [0.25, 0.3) is 10.6 Å². The van der Waals surface area contributed by atoms with Crippen molar-refractivity contribution in [2.45, 2.75) is 26.8 Å². The molecule has 0 unspecified atom stereocenters. The molecular weight excluding hydrogens is 428 g/mol. The molecule has 0 bridgehead atoms. The highest BCUT2D eigenvalue weighted by Gasteiger charge is 2.24. The molecule has 3 heterocycles. The summed E-state index contributed by atoms with van der Waals surface area (Å²) in [5, 5.41) is 15.6. The van der Waals surface area contributed by atoms with E-state index in [9.17, 15) is 14.7 Å². The molecule has 3 aromatic rings. The number of carbonyl (C=O) groups excluding carboxylic acids is 1. The Kier molecular flexibility index (Phi) is 7.37. The number of anilines is 3. The van der Waals surface area contributed by atoms with Crippen LogP contribution in [0.5, 0.6) is 0 Å². The highest BCUT2D eigenvalue weighted by Crippen LogP contribution is 2.30. The van der Waals surface area contributed by atoms with E-state index in [2.05, 4.69) is 25.6 Å². The van der Waals surface area contributed by atoms with E-state index in [4.69, 9.17) is 0 Å². The molecule has 10 heteroatoms. The van der Waals surface area contributed by atoms with Gasteiger partial charge < -0.3 is 20.6 Å². The van der Waals surface area contributed by atoms with Gasteiger partial charge in [0.1, 0.15) is 17.7 Å². The Labute approximate surface area is 190 Å². The number of carboxylic acids is 1. The minimum Gasteiger partial charge on any atom is -0.480 e. The van der Waals surface area contributed by atoms with Crippen LogP contribution in [0.4, 0.5) is 16.8 Å². The van der Waals surface area contributed by atoms with Crippen molar-refractivity contribution in [1.29, 1.82) is 0 Å². The maximum Gasteiger partial charge on any atom is 0.326 e. The Morgan fingerprint density at radius 1 is 1.19 bits per heavy atom. The van der Waals surface area contributed by atoms with Gasteiger partial charge in [-0.05, 0) is 42.7 Å². The highest BCUT2D eigenvalue weighted by molar-refractivity contribution is 7.18. The van der Waals surface area contributed by atoms with Crippen molar-refractivity contribution in [1.82, 2.24) is 20.3 Å². The number of rotatable bonds is 9. The van der Waals surface area contributed by atoms with Crippen LogP contribution in [0.3, 0.4) is 0 Å². The van der Waals surface area contributed by atoms with E-state index in [0.717, 1.165) is 16.1 Å². The molecule has 168 valence electrons. The van der Waals surface area contributed by atoms with E-state index in [0.29, 0.717) is 16.8 Å². The molecule has 0 aliphatic carbocycles. The second-order valence-corrected chi connectivity index (χ2v) is 8.75. The van der Waals surface area contributed by atoms with Gasteiger partial charge in [-0.15, -0.1) is 0 Å². The zero-order valence-electron chi connectivity index (χ0n) is 18.4. The van der Waals surface area contributed by atoms with Crippen LogP contribution >= 0.6 is 11.3 Å². The molecule has 1 amide bonds. The highest BCUT2D eigenvalue weighted by atomic mass is 32.1. The number of nitrogens with one attached hydrogen (secondary N) is 2. The van der Waals surface area contributed by atoms with E-state index in [1.165, 1.54) is 11.3 Å². The fourth-order valence-electron chi connectivity index (χ4n) is 2.95. The third-order valence-corrected chi connectivity index (χ3v) is 5.76. The number of nitrogens with zero attached hydrogens (tertiary/aromatic N) is 4. The zero-order chi connectivity index (χ0) is 23.3. The lowest BCUT2D eigenvalue weighted by Gasteiger charge is -2.20. The van der Waals surface area contributed by atoms with Gasteiger partial charge in [0.05, 0.1) is 17.1 Å². The number of aromatic nitrogens is 3. The first kappa shape index (κ1) is 23.1. The fraction of sp³-hybridized carbons (Fsp3) is 0.318. The SMILES string of the molecule is Cc1ccnc(Nc2cccc(-c3cnc(N(C)CC(=O)N[C@H](C(=O)O)C(C)C)s3)n2)c1. The minimum atomic E-state index is -1.05. The van der Waals surface area contributed by atoms with Gasteiger partial charge in [-0.25, -0.2) is 19.7 Å². The maximum atomic E-state index is 12.3. The Balaban J connectivity index is 1.67. The Hall–Kier alpha value is -3.53. The molecule has 0 spiro atoms. The minimum absolute atomic E-state index is 0.00248. The molecule has 9 nitrogen and oxygen atoms in total. The summed E-state index contributed by atoms with van der Waals surface area (Å²) in [4.78, 5) is 39.4. The molecule has 3 aromatic heterocycles. The summed E-state index contributed by atoms with van der Waals surface area (Å²) in [6, 6.07) is 8.58. The molecule has 32 heavy (non-hydrogen) atoms. The van der Waals surface area contributed by atoms with E-state index >= 15 is 0 Å². The molecule has 0 saturated heterocycles. The number of aryl methyl sites for hydroxylation is 1. The summed E-state index contributed by atoms with van der Waals surface area (Å²) in [6.07, 6.45) is 3.45. The predicted molar refractivity (Wildman–Crippen MR) is 125 cm³/mol. The van der Waals surface area contributed by atoms with Crippen LogP contribution in [0.15, 0.2) is 42.7 Å². The molecule has 0 aromatic carbocycles. The van der Waals surface area contributed by atoms with E-state index in [1.807, 2.05) is 37.3 Å². The first-order valence-electron chi connectivity index (χ1n) is 10.1. The molecule has 0 aliphatic rings. The lowest BCUT2D eigenvalue weighted by atomic mass is 10.1. The van der Waals surface area contributed by atoms with Crippen LogP contribution in [-0.4, -0.2) is 51.6 Å². The van der Waals surface area contributed by atoms with E-state index in [-0.39, 0.29) is 18.4 Å². The van der Waals surface area contributed by atoms with Crippen LogP contribution in [0.2, 0.25) is 0 Å². The Morgan fingerprint density at radius 3 is 2.66 bits per heavy atom. The van der Waals surface area contributed by atoms with Gasteiger partial charge in [-0.1, -0.05) is 31.3 Å². The van der Waals surface area contributed by atoms with Crippen molar-refractivity contribution in [2.24, 2.45) is 5.92 Å². The number of amides is 1. The summed E-state index contributed by atoms with van der Waals surface area (Å²) < 4.78 is 0. The number of likely N-dealkylation sites (N-methyl/N-ethyl adjacent to an activating group) is 1. The third kappa shape index (κ3) is 6.01. The summed E-state index contributed by atoms with van der Waals surface area (Å²) in [7, 11) is 1.74. The second-order valence-electron chi connectivity index (χ2n) is 7.74. The topological polar surface area (TPSA) is 120 Å². The van der Waals surface area contributed by atoms with Crippen molar-refractivity contribution < 1.29 is 14.7 Å². The largest absolute Gasteiger partial charge is 0.480 e. The van der Waals surface area contributed by atoms with Crippen LogP contribution in [0, 0.1) is 12.8 Å². The molecule has 1 atom stereocenters. The zero-order valence-corrected chi connectivity index (χ0v) is 19.2. The molecule has 0 fully saturated rings. The van der Waals surface area contributed by atoms with Crippen molar-refractivity contribution in [3.05, 3.63) is 48.3 Å². The number of carbonyl (C=O) groups is 2. The van der Waals surface area contributed by atoms with Crippen molar-refractivity contribution in [3.8, 4) is 10.6 Å². The lowest BCUT2D eigenvalue weighted by molar-refractivity contribution is -0.142. The van der Waals surface area contributed by atoms with Gasteiger partial charge >= 0.3 is 5.97 Å². The van der Waals surface area contributed by atoms with Gasteiger partial charge in [-0.3, -0.25) is 4.79 Å². The average molecular weight is 455 g/mol. The van der Waals surface area contributed by atoms with Gasteiger partial charge in [0.15, 0.2) is 5.13 Å². The smallest absolute Gasteiger partial charge is 0.326 e. The number of thiazole rings is 1. The number of hydrogen-bond donors (Lipinski definition) is 3. The number of pyridine rings is 2. The van der Waals surface area contributed by atoms with Crippen molar-refractivity contribution >= 4 is 40.0 Å². The normalized spacial score (nSPS) is 11.8. The van der Waals surface area contributed by atoms with Crippen molar-refractivity contribution in [2.75, 3.05) is 23.8 Å². The lowest BCUT2D eigenvalue weighted by Crippen LogP contribution is -2.47. The van der Waals surface area contributed by atoms with Crippen LogP contribution in [-0.2, 0) is 9.59 Å². The summed E-state index contributed by atoms with van der Waals surface area (Å²) >= 11 is 1.40. The first-order valence-corrected chi connectivity index (χ1v) is 10.9. The summed E-state index contributed by atoms with van der Waals surface area (Å²) in [6.45, 7) is 5.50. The van der Waals surface area contributed by atoms with Gasteiger partial charge in [0.25, 0.3) is 0 Å². The van der Waals surface area contributed by atoms with Gasteiger partial charge in [0.2, 0.25) is 5.91 Å². The van der Waals surface area contributed by atoms with Crippen molar-refractivity contribution in [3.63, 3.8) is 0 Å². The Morgan fingerprint density at radius 2 is 1.97 bits per heavy atom. The molecule has 0 radical (unpaired) electrons. The number of hydrogen-bond acceptors (Lipinski definition) is 8. The maximum absolute atomic E-state index is 12.3. The quantitative estimate of drug-likeness (QED) is 0.450. The standard InChI is InChI=1S/C22H26N6O3S/c1-13(2)20(21(30)31)27-19(29)12-28(4)22-24-11-16(32-22)15-6-5-7-17(25-15)26-18-10-14(3)8-9-23-18/h5-11,13,20H,12H2,1-4H3,(H,27,29)(H,30,31)(H,23,25,26)/t20-/m0/s1. The monoisotopic (exact) mass is 454 g/mol.